The number of benzene rings is 2. The van der Waals surface area contributed by atoms with E-state index in [1.54, 1.807) is 0 Å². The molecule has 0 saturated heterocycles. The van der Waals surface area contributed by atoms with E-state index in [0.29, 0.717) is 4.49 Å². The molecule has 0 atom stereocenters. The van der Waals surface area contributed by atoms with E-state index >= 15 is 0 Å². The van der Waals surface area contributed by atoms with Gasteiger partial charge in [-0.15, -0.1) is 0 Å². The lowest BCUT2D eigenvalue weighted by Gasteiger charge is -2.12. The summed E-state index contributed by atoms with van der Waals surface area (Å²) in [7, 11) is 0. The molecule has 2 rings (SSSR count). The van der Waals surface area contributed by atoms with Crippen LogP contribution in [0.3, 0.4) is 0 Å². The van der Waals surface area contributed by atoms with Crippen molar-refractivity contribution in [1.82, 2.24) is 0 Å². The van der Waals surface area contributed by atoms with Crippen molar-refractivity contribution in [2.45, 2.75) is 27.7 Å². The highest BCUT2D eigenvalue weighted by Gasteiger charge is 2.11. The lowest BCUT2D eigenvalue weighted by molar-refractivity contribution is 1.31. The first kappa shape index (κ1) is 15.2. The Hall–Kier alpha value is -1.24. The van der Waals surface area contributed by atoms with Gasteiger partial charge in [-0.25, -0.2) is 0 Å². The van der Waals surface area contributed by atoms with E-state index in [1.807, 2.05) is 0 Å². The average molecular weight is 305 g/mol. The summed E-state index contributed by atoms with van der Waals surface area (Å²) in [6.45, 7) is 8.39. The Balaban J connectivity index is 2.60. The summed E-state index contributed by atoms with van der Waals surface area (Å²) in [6, 6.07) is 12.6. The number of halogens is 2. The van der Waals surface area contributed by atoms with E-state index in [0.717, 1.165) is 16.7 Å². The zero-order valence-corrected chi connectivity index (χ0v) is 13.7. The molecule has 0 N–H and O–H groups in total. The van der Waals surface area contributed by atoms with Gasteiger partial charge in [-0.05, 0) is 61.1 Å². The third-order valence-corrected chi connectivity index (χ3v) is 4.16. The van der Waals surface area contributed by atoms with Gasteiger partial charge in [-0.2, -0.15) is 0 Å². The Morgan fingerprint density at radius 1 is 0.650 bits per heavy atom. The van der Waals surface area contributed by atoms with Crippen LogP contribution >= 0.6 is 23.2 Å². The Kier molecular flexibility index (Phi) is 4.57. The lowest BCUT2D eigenvalue weighted by atomic mass is 9.94. The molecule has 104 valence electrons. The van der Waals surface area contributed by atoms with Crippen LogP contribution in [0.4, 0.5) is 0 Å². The first-order valence-corrected chi connectivity index (χ1v) is 7.36. The van der Waals surface area contributed by atoms with Crippen LogP contribution in [0.2, 0.25) is 0 Å². The molecular formula is C18H18Cl2. The third-order valence-electron chi connectivity index (χ3n) is 3.78. The van der Waals surface area contributed by atoms with Crippen LogP contribution in [0.15, 0.2) is 40.9 Å². The van der Waals surface area contributed by atoms with Gasteiger partial charge in [0.05, 0.1) is 0 Å². The van der Waals surface area contributed by atoms with Crippen LogP contribution < -0.4 is 0 Å². The lowest BCUT2D eigenvalue weighted by Crippen LogP contribution is -1.93. The normalized spacial score (nSPS) is 10.5. The molecule has 0 nitrogen and oxygen atoms in total. The molecule has 2 heteroatoms. The SMILES string of the molecule is Cc1ccc(C(=C(Cl)Cl)c2ccc(C)c(C)c2)cc1C. The van der Waals surface area contributed by atoms with E-state index in [2.05, 4.69) is 64.1 Å². The fourth-order valence-corrected chi connectivity index (χ4v) is 2.62. The van der Waals surface area contributed by atoms with Crippen LogP contribution in [0.5, 0.6) is 0 Å². The number of hydrogen-bond donors (Lipinski definition) is 0. The molecule has 0 amide bonds. The van der Waals surface area contributed by atoms with E-state index in [4.69, 9.17) is 23.2 Å². The quantitative estimate of drug-likeness (QED) is 0.627. The maximum atomic E-state index is 6.14. The summed E-state index contributed by atoms with van der Waals surface area (Å²) in [5, 5.41) is 0. The van der Waals surface area contributed by atoms with Gasteiger partial charge in [0.1, 0.15) is 4.49 Å². The second-order valence-electron chi connectivity index (χ2n) is 5.23. The number of rotatable bonds is 2. The molecule has 0 aliphatic rings. The summed E-state index contributed by atoms with van der Waals surface area (Å²) >= 11 is 12.3. The Bertz CT molecular complexity index is 624. The van der Waals surface area contributed by atoms with Crippen LogP contribution in [-0.4, -0.2) is 0 Å². The van der Waals surface area contributed by atoms with Gasteiger partial charge < -0.3 is 0 Å². The zero-order chi connectivity index (χ0) is 14.9. The first-order valence-electron chi connectivity index (χ1n) is 6.60. The van der Waals surface area contributed by atoms with Crippen LogP contribution in [0.1, 0.15) is 33.4 Å². The minimum Gasteiger partial charge on any atom is -0.0702 e. The largest absolute Gasteiger partial charge is 0.115 e. The third kappa shape index (κ3) is 3.08. The molecule has 0 heterocycles. The number of aryl methyl sites for hydroxylation is 4. The topological polar surface area (TPSA) is 0 Å². The van der Waals surface area contributed by atoms with Crippen LogP contribution in [0, 0.1) is 27.7 Å². The van der Waals surface area contributed by atoms with E-state index in [1.165, 1.54) is 22.3 Å². The predicted octanol–water partition coefficient (Wildman–Crippen LogP) is 6.11. The summed E-state index contributed by atoms with van der Waals surface area (Å²) in [4.78, 5) is 0. The van der Waals surface area contributed by atoms with Crippen molar-refractivity contribution in [1.29, 1.82) is 0 Å². The Morgan fingerprint density at radius 2 is 1.05 bits per heavy atom. The zero-order valence-electron chi connectivity index (χ0n) is 12.2. The van der Waals surface area contributed by atoms with Crippen LogP contribution in [-0.2, 0) is 0 Å². The van der Waals surface area contributed by atoms with Crippen molar-refractivity contribution in [2.75, 3.05) is 0 Å². The fourth-order valence-electron chi connectivity index (χ4n) is 2.18. The van der Waals surface area contributed by atoms with Gasteiger partial charge in [-0.1, -0.05) is 59.6 Å². The van der Waals surface area contributed by atoms with E-state index in [-0.39, 0.29) is 0 Å². The maximum Gasteiger partial charge on any atom is 0.115 e. The molecule has 0 radical (unpaired) electrons. The molecule has 0 saturated carbocycles. The molecule has 0 aliphatic heterocycles. The summed E-state index contributed by atoms with van der Waals surface area (Å²) in [5.41, 5.74) is 7.99. The van der Waals surface area contributed by atoms with Crippen molar-refractivity contribution < 1.29 is 0 Å². The van der Waals surface area contributed by atoms with Gasteiger partial charge >= 0.3 is 0 Å². The van der Waals surface area contributed by atoms with Gasteiger partial charge in [0.2, 0.25) is 0 Å². The monoisotopic (exact) mass is 304 g/mol. The summed E-state index contributed by atoms with van der Waals surface area (Å²) in [6.07, 6.45) is 0. The van der Waals surface area contributed by atoms with Crippen molar-refractivity contribution in [3.05, 3.63) is 74.3 Å². The van der Waals surface area contributed by atoms with E-state index in [9.17, 15) is 0 Å². The van der Waals surface area contributed by atoms with Crippen molar-refractivity contribution in [2.24, 2.45) is 0 Å². The molecule has 0 fully saturated rings. The summed E-state index contributed by atoms with van der Waals surface area (Å²) < 4.78 is 0.302. The smallest absolute Gasteiger partial charge is 0.0702 e. The molecule has 0 aromatic heterocycles. The van der Waals surface area contributed by atoms with Gasteiger partial charge in [0.25, 0.3) is 0 Å². The van der Waals surface area contributed by atoms with Crippen LogP contribution in [0.25, 0.3) is 5.57 Å². The molecule has 0 bridgehead atoms. The number of hydrogen-bond acceptors (Lipinski definition) is 0. The minimum absolute atomic E-state index is 0.302. The minimum atomic E-state index is 0.302. The molecular weight excluding hydrogens is 287 g/mol. The average Bonchev–Trinajstić information content (AvgIpc) is 2.38. The highest BCUT2D eigenvalue weighted by Crippen LogP contribution is 2.32. The standard InChI is InChI=1S/C18H18Cl2/c1-11-5-7-15(9-13(11)3)17(18(19)20)16-8-6-12(2)14(4)10-16/h5-10H,1-4H3. The molecule has 0 aliphatic carbocycles. The Morgan fingerprint density at radius 3 is 1.35 bits per heavy atom. The molecule has 2 aromatic rings. The highest BCUT2D eigenvalue weighted by molar-refractivity contribution is 6.59. The molecule has 0 unspecified atom stereocenters. The Labute approximate surface area is 131 Å². The van der Waals surface area contributed by atoms with Crippen molar-refractivity contribution in [3.8, 4) is 0 Å². The van der Waals surface area contributed by atoms with Crippen molar-refractivity contribution >= 4 is 28.8 Å². The van der Waals surface area contributed by atoms with Gasteiger partial charge in [0.15, 0.2) is 0 Å². The van der Waals surface area contributed by atoms with Crippen molar-refractivity contribution in [3.63, 3.8) is 0 Å². The second kappa shape index (κ2) is 6.03. The highest BCUT2D eigenvalue weighted by atomic mass is 35.5. The molecule has 2 aromatic carbocycles. The molecule has 0 spiro atoms. The summed E-state index contributed by atoms with van der Waals surface area (Å²) in [5.74, 6) is 0. The molecule has 20 heavy (non-hydrogen) atoms. The van der Waals surface area contributed by atoms with E-state index < -0.39 is 0 Å². The first-order chi connectivity index (χ1) is 9.40. The van der Waals surface area contributed by atoms with Gasteiger partial charge in [-0.3, -0.25) is 0 Å². The van der Waals surface area contributed by atoms with Gasteiger partial charge in [0, 0.05) is 5.57 Å². The maximum absolute atomic E-state index is 6.14. The predicted molar refractivity (Wildman–Crippen MR) is 89.6 cm³/mol. The fraction of sp³-hybridized carbons (Fsp3) is 0.222. The second-order valence-corrected chi connectivity index (χ2v) is 6.18.